The molecule has 6 nitrogen and oxygen atoms in total. The number of halogens is 1. The van der Waals surface area contributed by atoms with Crippen molar-refractivity contribution in [1.82, 2.24) is 10.6 Å². The number of rotatable bonds is 7. The molecule has 116 valence electrons. The molecule has 0 amide bonds. The molecular formula is C11H26IN3O3S. The zero-order valence-corrected chi connectivity index (χ0v) is 15.5. The standard InChI is InChI=1S/C11H25N3O3S.HI/c1-6-18(15,16)8-7-13-10(12-4)14-9-11(2,3)17-5;/h6-9H2,1-5H3,(H2,12,13,14);1H. The van der Waals surface area contributed by atoms with Gasteiger partial charge < -0.3 is 15.4 Å². The van der Waals surface area contributed by atoms with Crippen molar-refractivity contribution >= 4 is 39.8 Å². The van der Waals surface area contributed by atoms with Crippen molar-refractivity contribution in [2.24, 2.45) is 4.99 Å². The summed E-state index contributed by atoms with van der Waals surface area (Å²) in [4.78, 5) is 4.01. The Bertz CT molecular complexity index is 369. The van der Waals surface area contributed by atoms with Gasteiger partial charge in [-0.15, -0.1) is 24.0 Å². The molecule has 0 rings (SSSR count). The minimum absolute atomic E-state index is 0. The molecule has 0 aliphatic heterocycles. The fourth-order valence-corrected chi connectivity index (χ4v) is 1.76. The molecule has 0 aliphatic rings. The van der Waals surface area contributed by atoms with Crippen LogP contribution in [0.5, 0.6) is 0 Å². The first-order valence-corrected chi connectivity index (χ1v) is 7.78. The van der Waals surface area contributed by atoms with Gasteiger partial charge in [0.1, 0.15) is 0 Å². The maximum Gasteiger partial charge on any atom is 0.191 e. The normalized spacial score (nSPS) is 12.8. The van der Waals surface area contributed by atoms with Gasteiger partial charge >= 0.3 is 0 Å². The molecule has 0 bridgehead atoms. The van der Waals surface area contributed by atoms with E-state index < -0.39 is 9.84 Å². The topological polar surface area (TPSA) is 79.8 Å². The number of methoxy groups -OCH3 is 1. The van der Waals surface area contributed by atoms with Crippen LogP contribution in [0.4, 0.5) is 0 Å². The van der Waals surface area contributed by atoms with Crippen LogP contribution >= 0.6 is 24.0 Å². The fraction of sp³-hybridized carbons (Fsp3) is 0.909. The number of nitrogens with zero attached hydrogens (tertiary/aromatic N) is 1. The molecule has 19 heavy (non-hydrogen) atoms. The predicted octanol–water partition coefficient (Wildman–Crippen LogP) is 0.629. The molecule has 0 fully saturated rings. The molecule has 0 unspecified atom stereocenters. The molecule has 0 atom stereocenters. The summed E-state index contributed by atoms with van der Waals surface area (Å²) in [6, 6.07) is 0. The summed E-state index contributed by atoms with van der Waals surface area (Å²) in [5.74, 6) is 0.848. The van der Waals surface area contributed by atoms with Crippen LogP contribution in [0.15, 0.2) is 4.99 Å². The van der Waals surface area contributed by atoms with E-state index in [-0.39, 0.29) is 41.1 Å². The van der Waals surface area contributed by atoms with E-state index >= 15 is 0 Å². The highest BCUT2D eigenvalue weighted by Gasteiger charge is 2.16. The van der Waals surface area contributed by atoms with Crippen LogP contribution in [0.1, 0.15) is 20.8 Å². The average Bonchev–Trinajstić information content (AvgIpc) is 2.33. The molecule has 0 aromatic heterocycles. The molecule has 0 aromatic carbocycles. The lowest BCUT2D eigenvalue weighted by Crippen LogP contribution is -2.46. The summed E-state index contributed by atoms with van der Waals surface area (Å²) >= 11 is 0. The minimum atomic E-state index is -2.94. The van der Waals surface area contributed by atoms with Gasteiger partial charge in [-0.2, -0.15) is 0 Å². The Hall–Kier alpha value is -0.0900. The van der Waals surface area contributed by atoms with E-state index in [0.717, 1.165) is 0 Å². The van der Waals surface area contributed by atoms with Crippen molar-refractivity contribution in [2.45, 2.75) is 26.4 Å². The van der Waals surface area contributed by atoms with Crippen molar-refractivity contribution < 1.29 is 13.2 Å². The van der Waals surface area contributed by atoms with Crippen LogP contribution in [0.3, 0.4) is 0 Å². The Morgan fingerprint density at radius 2 is 1.89 bits per heavy atom. The Morgan fingerprint density at radius 3 is 2.32 bits per heavy atom. The molecule has 0 heterocycles. The predicted molar refractivity (Wildman–Crippen MR) is 90.2 cm³/mol. The maximum atomic E-state index is 11.3. The second-order valence-corrected chi connectivity index (χ2v) is 7.03. The second kappa shape index (κ2) is 9.76. The first kappa shape index (κ1) is 21.2. The number of aliphatic imine (C=N–C) groups is 1. The SMILES string of the molecule is CCS(=O)(=O)CCNC(=NC)NCC(C)(C)OC.I. The Labute approximate surface area is 133 Å². The van der Waals surface area contributed by atoms with Gasteiger partial charge in [-0.1, -0.05) is 6.92 Å². The van der Waals surface area contributed by atoms with Gasteiger partial charge in [0.15, 0.2) is 15.8 Å². The van der Waals surface area contributed by atoms with Crippen molar-refractivity contribution in [1.29, 1.82) is 0 Å². The first-order valence-electron chi connectivity index (χ1n) is 5.96. The van der Waals surface area contributed by atoms with Crippen LogP contribution in [0.25, 0.3) is 0 Å². The number of sulfone groups is 1. The molecule has 0 saturated heterocycles. The van der Waals surface area contributed by atoms with Crippen molar-refractivity contribution in [3.05, 3.63) is 0 Å². The van der Waals surface area contributed by atoms with Gasteiger partial charge in [0.25, 0.3) is 0 Å². The lowest BCUT2D eigenvalue weighted by molar-refractivity contribution is 0.0268. The van der Waals surface area contributed by atoms with Gasteiger partial charge in [-0.25, -0.2) is 8.42 Å². The Kier molecular flexibility index (Phi) is 10.9. The summed E-state index contributed by atoms with van der Waals surface area (Å²) in [6.07, 6.45) is 0. The molecular weight excluding hydrogens is 381 g/mol. The smallest absolute Gasteiger partial charge is 0.191 e. The molecule has 0 saturated carbocycles. The number of hydrogen-bond donors (Lipinski definition) is 2. The van der Waals surface area contributed by atoms with Gasteiger partial charge in [0, 0.05) is 33.0 Å². The van der Waals surface area contributed by atoms with Gasteiger partial charge in [-0.3, -0.25) is 4.99 Å². The van der Waals surface area contributed by atoms with E-state index in [4.69, 9.17) is 4.74 Å². The van der Waals surface area contributed by atoms with Gasteiger partial charge in [-0.05, 0) is 13.8 Å². The summed E-state index contributed by atoms with van der Waals surface area (Å²) < 4.78 is 27.9. The monoisotopic (exact) mass is 407 g/mol. The maximum absolute atomic E-state index is 11.3. The van der Waals surface area contributed by atoms with Crippen LogP contribution in [0, 0.1) is 0 Å². The van der Waals surface area contributed by atoms with Crippen molar-refractivity contribution in [3.63, 3.8) is 0 Å². The molecule has 0 aromatic rings. The highest BCUT2D eigenvalue weighted by molar-refractivity contribution is 14.0. The summed E-state index contributed by atoms with van der Waals surface area (Å²) in [7, 11) is 0.345. The van der Waals surface area contributed by atoms with Crippen molar-refractivity contribution in [3.8, 4) is 0 Å². The lowest BCUT2D eigenvalue weighted by atomic mass is 10.1. The van der Waals surface area contributed by atoms with Crippen LogP contribution in [-0.2, 0) is 14.6 Å². The largest absolute Gasteiger partial charge is 0.377 e. The first-order chi connectivity index (χ1) is 8.26. The Morgan fingerprint density at radius 1 is 1.32 bits per heavy atom. The van der Waals surface area contributed by atoms with Crippen LogP contribution in [-0.4, -0.2) is 58.7 Å². The minimum Gasteiger partial charge on any atom is -0.377 e. The number of hydrogen-bond acceptors (Lipinski definition) is 4. The summed E-state index contributed by atoms with van der Waals surface area (Å²) in [5.41, 5.74) is -0.298. The van der Waals surface area contributed by atoms with Crippen LogP contribution < -0.4 is 10.6 Å². The molecule has 0 spiro atoms. The van der Waals surface area contributed by atoms with E-state index in [1.807, 2.05) is 13.8 Å². The third-order valence-electron chi connectivity index (χ3n) is 2.60. The zero-order valence-electron chi connectivity index (χ0n) is 12.3. The van der Waals surface area contributed by atoms with E-state index in [0.29, 0.717) is 19.0 Å². The third-order valence-corrected chi connectivity index (χ3v) is 4.31. The average molecular weight is 407 g/mol. The van der Waals surface area contributed by atoms with Gasteiger partial charge in [0.05, 0.1) is 11.4 Å². The van der Waals surface area contributed by atoms with Crippen LogP contribution in [0.2, 0.25) is 0 Å². The van der Waals surface area contributed by atoms with E-state index in [2.05, 4.69) is 15.6 Å². The Balaban J connectivity index is 0. The van der Waals surface area contributed by atoms with Crippen molar-refractivity contribution in [2.75, 3.05) is 38.8 Å². The van der Waals surface area contributed by atoms with E-state index in [1.165, 1.54) is 0 Å². The molecule has 8 heteroatoms. The third kappa shape index (κ3) is 10.4. The zero-order chi connectivity index (χ0) is 14.2. The molecule has 2 N–H and O–H groups in total. The number of nitrogens with one attached hydrogen (secondary N) is 2. The molecule has 0 aliphatic carbocycles. The lowest BCUT2D eigenvalue weighted by Gasteiger charge is -2.24. The summed E-state index contributed by atoms with van der Waals surface area (Å²) in [6.45, 7) is 6.49. The fourth-order valence-electron chi connectivity index (χ4n) is 1.06. The van der Waals surface area contributed by atoms with E-state index in [1.54, 1.807) is 21.1 Å². The van der Waals surface area contributed by atoms with E-state index in [9.17, 15) is 8.42 Å². The number of guanidine groups is 1. The number of ether oxygens (including phenoxy) is 1. The highest BCUT2D eigenvalue weighted by Crippen LogP contribution is 2.04. The summed E-state index contributed by atoms with van der Waals surface area (Å²) in [5, 5.41) is 6.04. The molecule has 0 radical (unpaired) electrons. The highest BCUT2D eigenvalue weighted by atomic mass is 127. The van der Waals surface area contributed by atoms with Gasteiger partial charge in [0.2, 0.25) is 0 Å². The quantitative estimate of drug-likeness (QED) is 0.368. The second-order valence-electron chi connectivity index (χ2n) is 4.55.